The van der Waals surface area contributed by atoms with E-state index in [4.69, 9.17) is 21.1 Å². The molecular formula is C27H27ClN2O6. The van der Waals surface area contributed by atoms with Crippen molar-refractivity contribution in [3.8, 4) is 5.75 Å². The van der Waals surface area contributed by atoms with Crippen molar-refractivity contribution in [3.63, 3.8) is 0 Å². The highest BCUT2D eigenvalue weighted by atomic mass is 35.5. The summed E-state index contributed by atoms with van der Waals surface area (Å²) in [4.78, 5) is 37.6. The molecule has 1 N–H and O–H groups in total. The second-order valence-corrected chi connectivity index (χ2v) is 10.3. The molecule has 0 amide bonds. The summed E-state index contributed by atoms with van der Waals surface area (Å²) in [6.07, 6.45) is 0.919. The number of allylic oxidation sites excluding steroid dienone is 3. The number of nitrogens with zero attached hydrogens (tertiary/aromatic N) is 1. The molecule has 9 heteroatoms. The second kappa shape index (κ2) is 9.78. The molecule has 8 nitrogen and oxygen atoms in total. The maximum absolute atomic E-state index is 13.3. The first-order valence-electron chi connectivity index (χ1n) is 11.5. The number of hydrogen-bond acceptors (Lipinski definition) is 7. The van der Waals surface area contributed by atoms with Crippen LogP contribution in [0, 0.1) is 15.5 Å². The molecule has 2 aromatic carbocycles. The Morgan fingerprint density at radius 2 is 1.89 bits per heavy atom. The highest BCUT2D eigenvalue weighted by molar-refractivity contribution is 6.30. The van der Waals surface area contributed by atoms with Crippen LogP contribution in [0.5, 0.6) is 5.75 Å². The van der Waals surface area contributed by atoms with Crippen molar-refractivity contribution in [1.29, 1.82) is 0 Å². The third kappa shape index (κ3) is 4.99. The lowest BCUT2D eigenvalue weighted by Gasteiger charge is -2.39. The van der Waals surface area contributed by atoms with E-state index in [1.807, 2.05) is 13.8 Å². The fourth-order valence-electron chi connectivity index (χ4n) is 4.87. The predicted molar refractivity (Wildman–Crippen MR) is 135 cm³/mol. The summed E-state index contributed by atoms with van der Waals surface area (Å²) in [6, 6.07) is 11.5. The monoisotopic (exact) mass is 510 g/mol. The maximum Gasteiger partial charge on any atom is 0.336 e. The SMILES string of the molecule is COC(=O)C1=C(C)NC2=C(C(=O)CC(C)(C)C2)[C@H]1c1ccc(OCc2ccc(Cl)cc2)c([N+](=O)[O-])c1. The lowest BCUT2D eigenvalue weighted by molar-refractivity contribution is -0.386. The Kier molecular flexibility index (Phi) is 6.91. The van der Waals surface area contributed by atoms with Crippen molar-refractivity contribution in [2.45, 2.75) is 46.1 Å². The Morgan fingerprint density at radius 1 is 1.19 bits per heavy atom. The molecule has 0 aromatic heterocycles. The zero-order chi connectivity index (χ0) is 26.2. The number of ketones is 1. The number of esters is 1. The van der Waals surface area contributed by atoms with Crippen molar-refractivity contribution in [3.05, 3.63) is 91.3 Å². The second-order valence-electron chi connectivity index (χ2n) is 9.82. The van der Waals surface area contributed by atoms with Crippen LogP contribution in [0.1, 0.15) is 50.7 Å². The van der Waals surface area contributed by atoms with Crippen molar-refractivity contribution < 1.29 is 24.0 Å². The number of nitrogens with one attached hydrogen (secondary N) is 1. The Morgan fingerprint density at radius 3 is 2.53 bits per heavy atom. The average molecular weight is 511 g/mol. The fourth-order valence-corrected chi connectivity index (χ4v) is 5.00. The summed E-state index contributed by atoms with van der Waals surface area (Å²) in [5.74, 6) is -1.40. The van der Waals surface area contributed by atoms with Gasteiger partial charge >= 0.3 is 11.7 Å². The summed E-state index contributed by atoms with van der Waals surface area (Å²) in [7, 11) is 1.27. The number of nitro benzene ring substituents is 1. The van der Waals surface area contributed by atoms with Gasteiger partial charge in [0, 0.05) is 40.4 Å². The number of dihydropyridines is 1. The minimum Gasteiger partial charge on any atom is -0.482 e. The molecule has 188 valence electrons. The standard InChI is InChI=1S/C27H27ClN2O6/c1-15-23(26(32)35-4)24(25-19(29-15)12-27(2,3)13-21(25)31)17-7-10-22(20(11-17)30(33)34)36-14-16-5-8-18(28)9-6-16/h5-11,24,29H,12-14H2,1-4H3/t24-/m0/s1. The number of Topliss-reactive ketones (excluding diaryl/α,β-unsaturated/α-hetero) is 1. The molecule has 1 aliphatic carbocycles. The summed E-state index contributed by atoms with van der Waals surface area (Å²) in [5, 5.41) is 15.8. The van der Waals surface area contributed by atoms with Gasteiger partial charge in [-0.1, -0.05) is 43.6 Å². The number of methoxy groups -OCH3 is 1. The summed E-state index contributed by atoms with van der Waals surface area (Å²) in [5.41, 5.74) is 2.74. The number of benzene rings is 2. The van der Waals surface area contributed by atoms with Gasteiger partial charge in [-0.25, -0.2) is 4.79 Å². The molecule has 0 spiro atoms. The summed E-state index contributed by atoms with van der Waals surface area (Å²) >= 11 is 5.92. The molecule has 2 aromatic rings. The van der Waals surface area contributed by atoms with Crippen LogP contribution in [0.4, 0.5) is 5.69 Å². The minimum atomic E-state index is -0.790. The van der Waals surface area contributed by atoms with Crippen LogP contribution in [0.15, 0.2) is 65.0 Å². The van der Waals surface area contributed by atoms with Gasteiger partial charge in [-0.2, -0.15) is 0 Å². The van der Waals surface area contributed by atoms with E-state index in [9.17, 15) is 19.7 Å². The van der Waals surface area contributed by atoms with Crippen LogP contribution >= 0.6 is 11.6 Å². The van der Waals surface area contributed by atoms with Crippen LogP contribution in [0.25, 0.3) is 0 Å². The van der Waals surface area contributed by atoms with Crippen LogP contribution in [-0.2, 0) is 20.9 Å². The summed E-state index contributed by atoms with van der Waals surface area (Å²) < 4.78 is 10.8. The predicted octanol–water partition coefficient (Wildman–Crippen LogP) is 5.60. The van der Waals surface area contributed by atoms with Gasteiger partial charge in [0.25, 0.3) is 0 Å². The Labute approximate surface area is 214 Å². The molecule has 2 aliphatic rings. The van der Waals surface area contributed by atoms with E-state index in [0.717, 1.165) is 11.3 Å². The highest BCUT2D eigenvalue weighted by Gasteiger charge is 2.43. The molecule has 36 heavy (non-hydrogen) atoms. The van der Waals surface area contributed by atoms with Gasteiger partial charge in [-0.15, -0.1) is 0 Å². The van der Waals surface area contributed by atoms with Gasteiger partial charge in [0.2, 0.25) is 0 Å². The van der Waals surface area contributed by atoms with Crippen molar-refractivity contribution >= 4 is 29.0 Å². The Hall–Kier alpha value is -3.65. The zero-order valence-electron chi connectivity index (χ0n) is 20.5. The van der Waals surface area contributed by atoms with Crippen molar-refractivity contribution in [1.82, 2.24) is 5.32 Å². The normalized spacial score (nSPS) is 18.9. The topological polar surface area (TPSA) is 108 Å². The quantitative estimate of drug-likeness (QED) is 0.306. The first-order chi connectivity index (χ1) is 17.0. The number of nitro groups is 1. The number of ether oxygens (including phenoxy) is 2. The lowest BCUT2D eigenvalue weighted by Crippen LogP contribution is -2.38. The number of hydrogen-bond donors (Lipinski definition) is 1. The van der Waals surface area contributed by atoms with E-state index >= 15 is 0 Å². The fraction of sp³-hybridized carbons (Fsp3) is 0.333. The maximum atomic E-state index is 13.3. The third-order valence-corrected chi connectivity index (χ3v) is 6.72. The minimum absolute atomic E-state index is 0.0817. The third-order valence-electron chi connectivity index (χ3n) is 6.47. The Bertz CT molecular complexity index is 1310. The first-order valence-corrected chi connectivity index (χ1v) is 11.9. The molecule has 0 fully saturated rings. The molecule has 0 bridgehead atoms. The molecule has 1 aliphatic heterocycles. The van der Waals surface area contributed by atoms with Gasteiger partial charge in [-0.05, 0) is 48.1 Å². The molecule has 0 saturated heterocycles. The average Bonchev–Trinajstić information content (AvgIpc) is 2.81. The molecule has 0 saturated carbocycles. The number of carbonyl (C=O) groups is 2. The van der Waals surface area contributed by atoms with E-state index in [1.54, 1.807) is 37.3 Å². The van der Waals surface area contributed by atoms with E-state index in [2.05, 4.69) is 5.32 Å². The van der Waals surface area contributed by atoms with Crippen LogP contribution < -0.4 is 10.1 Å². The van der Waals surface area contributed by atoms with Gasteiger partial charge in [-0.3, -0.25) is 14.9 Å². The smallest absolute Gasteiger partial charge is 0.336 e. The molecular weight excluding hydrogens is 484 g/mol. The van der Waals surface area contributed by atoms with E-state index in [0.29, 0.717) is 34.7 Å². The van der Waals surface area contributed by atoms with Crippen LogP contribution in [0.3, 0.4) is 0 Å². The largest absolute Gasteiger partial charge is 0.482 e. The van der Waals surface area contributed by atoms with Gasteiger partial charge in [0.1, 0.15) is 6.61 Å². The summed E-state index contributed by atoms with van der Waals surface area (Å²) in [6.45, 7) is 5.88. The van der Waals surface area contributed by atoms with Crippen molar-refractivity contribution in [2.75, 3.05) is 7.11 Å². The molecule has 0 unspecified atom stereocenters. The molecule has 1 atom stereocenters. The van der Waals surface area contributed by atoms with Gasteiger partial charge in [0.05, 0.1) is 17.6 Å². The molecule has 1 heterocycles. The number of carbonyl (C=O) groups excluding carboxylic acids is 2. The lowest BCUT2D eigenvalue weighted by atomic mass is 9.68. The van der Waals surface area contributed by atoms with Crippen LogP contribution in [-0.4, -0.2) is 23.8 Å². The van der Waals surface area contributed by atoms with Crippen molar-refractivity contribution in [2.24, 2.45) is 5.41 Å². The van der Waals surface area contributed by atoms with Crippen LogP contribution in [0.2, 0.25) is 5.02 Å². The van der Waals surface area contributed by atoms with E-state index < -0.39 is 16.8 Å². The van der Waals surface area contributed by atoms with Gasteiger partial charge < -0.3 is 14.8 Å². The highest BCUT2D eigenvalue weighted by Crippen LogP contribution is 2.47. The first kappa shape index (κ1) is 25.4. The van der Waals surface area contributed by atoms with Gasteiger partial charge in [0.15, 0.2) is 11.5 Å². The van der Waals surface area contributed by atoms with E-state index in [1.165, 1.54) is 19.2 Å². The zero-order valence-corrected chi connectivity index (χ0v) is 21.3. The molecule has 4 rings (SSSR count). The molecule has 0 radical (unpaired) electrons. The van der Waals surface area contributed by atoms with E-state index in [-0.39, 0.29) is 34.8 Å². The number of rotatable bonds is 6. The Balaban J connectivity index is 1.77. The number of halogens is 1.